The van der Waals surface area contributed by atoms with Crippen LogP contribution >= 0.6 is 0 Å². The maximum Gasteiger partial charge on any atom is 0.119 e. The summed E-state index contributed by atoms with van der Waals surface area (Å²) in [5.41, 5.74) is 1.22. The minimum Gasteiger partial charge on any atom is -0.491 e. The molecule has 0 aliphatic heterocycles. The predicted octanol–water partition coefficient (Wildman–Crippen LogP) is 1.26. The minimum atomic E-state index is 0.411. The standard InChI is InChI=1S/C9H13NO2/c1-8-2-4-9(5-3-8)11-6-7-12-10/h2-5H,6-7,10H2,1H3. The van der Waals surface area contributed by atoms with Crippen molar-refractivity contribution in [2.45, 2.75) is 6.92 Å². The van der Waals surface area contributed by atoms with Crippen molar-refractivity contribution >= 4 is 0 Å². The van der Waals surface area contributed by atoms with E-state index in [2.05, 4.69) is 4.84 Å². The average molecular weight is 167 g/mol. The quantitative estimate of drug-likeness (QED) is 0.542. The Kier molecular flexibility index (Phi) is 3.57. The number of benzene rings is 1. The molecule has 0 atom stereocenters. The molecule has 66 valence electrons. The molecule has 0 fully saturated rings. The zero-order valence-corrected chi connectivity index (χ0v) is 7.12. The Labute approximate surface area is 72.0 Å². The number of ether oxygens (including phenoxy) is 1. The SMILES string of the molecule is Cc1ccc(OCCON)cc1. The maximum atomic E-state index is 5.30. The summed E-state index contributed by atoms with van der Waals surface area (Å²) < 4.78 is 5.30. The van der Waals surface area contributed by atoms with E-state index < -0.39 is 0 Å². The molecule has 0 aliphatic carbocycles. The van der Waals surface area contributed by atoms with Crippen LogP contribution in [0.2, 0.25) is 0 Å². The Morgan fingerprint density at radius 2 is 1.83 bits per heavy atom. The normalized spacial score (nSPS) is 9.83. The van der Waals surface area contributed by atoms with E-state index >= 15 is 0 Å². The first-order valence-corrected chi connectivity index (χ1v) is 3.84. The molecule has 3 nitrogen and oxygen atoms in total. The van der Waals surface area contributed by atoms with Gasteiger partial charge in [0.1, 0.15) is 19.0 Å². The second-order valence-corrected chi connectivity index (χ2v) is 2.53. The van der Waals surface area contributed by atoms with Crippen molar-refractivity contribution in [3.05, 3.63) is 29.8 Å². The van der Waals surface area contributed by atoms with E-state index in [-0.39, 0.29) is 0 Å². The van der Waals surface area contributed by atoms with Crippen LogP contribution in [0.15, 0.2) is 24.3 Å². The van der Waals surface area contributed by atoms with Crippen LogP contribution in [0.25, 0.3) is 0 Å². The van der Waals surface area contributed by atoms with Crippen LogP contribution in [0.1, 0.15) is 5.56 Å². The van der Waals surface area contributed by atoms with Crippen LogP contribution < -0.4 is 10.6 Å². The smallest absolute Gasteiger partial charge is 0.119 e. The van der Waals surface area contributed by atoms with Gasteiger partial charge in [0.15, 0.2) is 0 Å². The molecule has 0 amide bonds. The highest BCUT2D eigenvalue weighted by atomic mass is 16.6. The third-order valence-corrected chi connectivity index (χ3v) is 1.49. The van der Waals surface area contributed by atoms with Crippen LogP contribution in [0, 0.1) is 6.92 Å². The monoisotopic (exact) mass is 167 g/mol. The van der Waals surface area contributed by atoms with Gasteiger partial charge in [-0.15, -0.1) is 0 Å². The molecule has 2 N–H and O–H groups in total. The van der Waals surface area contributed by atoms with Gasteiger partial charge in [-0.3, -0.25) is 0 Å². The molecular weight excluding hydrogens is 154 g/mol. The molecule has 0 aromatic heterocycles. The molecule has 1 rings (SSSR count). The number of nitrogens with two attached hydrogens (primary N) is 1. The van der Waals surface area contributed by atoms with Crippen LogP contribution in [0.4, 0.5) is 0 Å². The Morgan fingerprint density at radius 3 is 2.42 bits per heavy atom. The fourth-order valence-electron chi connectivity index (χ4n) is 0.842. The Bertz CT molecular complexity index is 220. The first kappa shape index (κ1) is 9.03. The van der Waals surface area contributed by atoms with Gasteiger partial charge in [-0.05, 0) is 19.1 Å². The topological polar surface area (TPSA) is 44.5 Å². The van der Waals surface area contributed by atoms with Crippen LogP contribution in [-0.2, 0) is 4.84 Å². The highest BCUT2D eigenvalue weighted by Gasteiger charge is 1.91. The molecule has 0 aliphatic rings. The summed E-state index contributed by atoms with van der Waals surface area (Å²) in [5, 5.41) is 0. The van der Waals surface area contributed by atoms with E-state index in [4.69, 9.17) is 10.6 Å². The van der Waals surface area contributed by atoms with Gasteiger partial charge in [0.2, 0.25) is 0 Å². The summed E-state index contributed by atoms with van der Waals surface area (Å²) in [6, 6.07) is 7.84. The highest BCUT2D eigenvalue weighted by molar-refractivity contribution is 5.26. The van der Waals surface area contributed by atoms with Gasteiger partial charge in [-0.25, -0.2) is 5.90 Å². The van der Waals surface area contributed by atoms with E-state index in [0.717, 1.165) is 5.75 Å². The third kappa shape index (κ3) is 2.90. The second kappa shape index (κ2) is 4.74. The Morgan fingerprint density at radius 1 is 1.17 bits per heavy atom. The van der Waals surface area contributed by atoms with Crippen molar-refractivity contribution in [1.82, 2.24) is 0 Å². The van der Waals surface area contributed by atoms with Gasteiger partial charge in [0.25, 0.3) is 0 Å². The van der Waals surface area contributed by atoms with Crippen molar-refractivity contribution in [2.24, 2.45) is 5.90 Å². The fourth-order valence-corrected chi connectivity index (χ4v) is 0.842. The molecule has 0 saturated heterocycles. The molecule has 3 heteroatoms. The molecule has 0 unspecified atom stereocenters. The van der Waals surface area contributed by atoms with E-state index in [1.54, 1.807) is 0 Å². The molecule has 0 spiro atoms. The van der Waals surface area contributed by atoms with Crippen LogP contribution in [0.3, 0.4) is 0 Å². The first-order chi connectivity index (χ1) is 5.83. The number of rotatable bonds is 4. The molecule has 12 heavy (non-hydrogen) atoms. The van der Waals surface area contributed by atoms with Gasteiger partial charge in [0.05, 0.1) is 0 Å². The summed E-state index contributed by atoms with van der Waals surface area (Å²) in [6.45, 7) is 2.93. The van der Waals surface area contributed by atoms with Crippen molar-refractivity contribution in [2.75, 3.05) is 13.2 Å². The lowest BCUT2D eigenvalue weighted by Gasteiger charge is -2.04. The average Bonchev–Trinajstić information content (AvgIpc) is 2.09. The number of aryl methyl sites for hydroxylation is 1. The van der Waals surface area contributed by atoms with Gasteiger partial charge in [-0.1, -0.05) is 17.7 Å². The molecular formula is C9H13NO2. The summed E-state index contributed by atoms with van der Waals surface area (Å²) in [6.07, 6.45) is 0. The van der Waals surface area contributed by atoms with E-state index in [9.17, 15) is 0 Å². The van der Waals surface area contributed by atoms with E-state index in [1.807, 2.05) is 31.2 Å². The van der Waals surface area contributed by atoms with Crippen molar-refractivity contribution < 1.29 is 9.57 Å². The molecule has 0 bridgehead atoms. The summed E-state index contributed by atoms with van der Waals surface area (Å²) >= 11 is 0. The lowest BCUT2D eigenvalue weighted by molar-refractivity contribution is 0.102. The third-order valence-electron chi connectivity index (χ3n) is 1.49. The van der Waals surface area contributed by atoms with Crippen molar-refractivity contribution in [3.8, 4) is 5.75 Å². The number of hydrogen-bond donors (Lipinski definition) is 1. The van der Waals surface area contributed by atoms with Gasteiger partial charge >= 0.3 is 0 Å². The first-order valence-electron chi connectivity index (χ1n) is 3.84. The highest BCUT2D eigenvalue weighted by Crippen LogP contribution is 2.10. The van der Waals surface area contributed by atoms with Crippen LogP contribution in [-0.4, -0.2) is 13.2 Å². The Hall–Kier alpha value is -1.06. The van der Waals surface area contributed by atoms with Gasteiger partial charge in [0, 0.05) is 0 Å². The zero-order chi connectivity index (χ0) is 8.81. The van der Waals surface area contributed by atoms with Crippen molar-refractivity contribution in [3.63, 3.8) is 0 Å². The lowest BCUT2D eigenvalue weighted by Crippen LogP contribution is -2.09. The van der Waals surface area contributed by atoms with E-state index in [0.29, 0.717) is 13.2 Å². The summed E-state index contributed by atoms with van der Waals surface area (Å²) in [7, 11) is 0. The van der Waals surface area contributed by atoms with Crippen LogP contribution in [0.5, 0.6) is 5.75 Å². The van der Waals surface area contributed by atoms with E-state index in [1.165, 1.54) is 5.56 Å². The largest absolute Gasteiger partial charge is 0.491 e. The zero-order valence-electron chi connectivity index (χ0n) is 7.12. The number of hydrogen-bond acceptors (Lipinski definition) is 3. The molecule has 0 saturated carbocycles. The minimum absolute atomic E-state index is 0.411. The molecule has 0 radical (unpaired) electrons. The molecule has 1 aromatic rings. The molecule has 1 aromatic carbocycles. The van der Waals surface area contributed by atoms with Gasteiger partial charge in [-0.2, -0.15) is 0 Å². The lowest BCUT2D eigenvalue weighted by atomic mass is 10.2. The van der Waals surface area contributed by atoms with Crippen molar-refractivity contribution in [1.29, 1.82) is 0 Å². The molecule has 0 heterocycles. The Balaban J connectivity index is 2.37. The summed E-state index contributed by atoms with van der Waals surface area (Å²) in [5.74, 6) is 5.68. The maximum absolute atomic E-state index is 5.30. The second-order valence-electron chi connectivity index (χ2n) is 2.53. The summed E-state index contributed by atoms with van der Waals surface area (Å²) in [4.78, 5) is 4.36. The van der Waals surface area contributed by atoms with Gasteiger partial charge < -0.3 is 9.57 Å². The predicted molar refractivity (Wildman–Crippen MR) is 46.8 cm³/mol. The fraction of sp³-hybridized carbons (Fsp3) is 0.333.